The number of likely N-dealkylation sites (N-methyl/N-ethyl adjacent to an activating group) is 1. The second-order valence-electron chi connectivity index (χ2n) is 4.40. The zero-order valence-corrected chi connectivity index (χ0v) is 10.8. The largest absolute Gasteiger partial charge is 0.374 e. The Bertz CT molecular complexity index is 365. The second kappa shape index (κ2) is 4.14. The summed E-state index contributed by atoms with van der Waals surface area (Å²) in [6.45, 7) is 4.07. The van der Waals surface area contributed by atoms with Gasteiger partial charge in [-0.2, -0.15) is 0 Å². The first-order valence-corrected chi connectivity index (χ1v) is 6.13. The van der Waals surface area contributed by atoms with E-state index in [1.165, 1.54) is 11.3 Å². The number of rotatable bonds is 2. The number of fused-ring (bicyclic) bond motifs is 1. The zero-order valence-electron chi connectivity index (χ0n) is 9.20. The van der Waals surface area contributed by atoms with E-state index >= 15 is 0 Å². The molecule has 0 amide bonds. The highest BCUT2D eigenvalue weighted by Gasteiger charge is 2.29. The molecule has 1 aliphatic heterocycles. The van der Waals surface area contributed by atoms with Gasteiger partial charge in [0.05, 0.1) is 0 Å². The van der Waals surface area contributed by atoms with Crippen LogP contribution in [-0.4, -0.2) is 20.1 Å². The maximum atomic E-state index is 5.76. The van der Waals surface area contributed by atoms with Crippen LogP contribution >= 0.6 is 15.9 Å². The molecule has 0 saturated carbocycles. The smallest absolute Gasteiger partial charge is 0.0400 e. The van der Waals surface area contributed by atoms with Gasteiger partial charge < -0.3 is 10.6 Å². The molecular formula is C12H17BrN2. The zero-order chi connectivity index (χ0) is 11.0. The first-order valence-electron chi connectivity index (χ1n) is 5.34. The molecule has 1 aliphatic rings. The predicted molar refractivity (Wildman–Crippen MR) is 68.4 cm³/mol. The summed E-state index contributed by atoms with van der Waals surface area (Å²) in [7, 11) is 2.15. The van der Waals surface area contributed by atoms with Crippen molar-refractivity contribution in [2.45, 2.75) is 12.8 Å². The number of benzene rings is 1. The van der Waals surface area contributed by atoms with E-state index in [0.717, 1.165) is 17.6 Å². The van der Waals surface area contributed by atoms with Crippen molar-refractivity contribution < 1.29 is 0 Å². The van der Waals surface area contributed by atoms with E-state index in [-0.39, 0.29) is 0 Å². The summed E-state index contributed by atoms with van der Waals surface area (Å²) in [5.41, 5.74) is 8.55. The Morgan fingerprint density at radius 3 is 3.00 bits per heavy atom. The molecule has 0 fully saturated rings. The van der Waals surface area contributed by atoms with Crippen molar-refractivity contribution in [3.05, 3.63) is 28.2 Å². The molecule has 0 bridgehead atoms. The van der Waals surface area contributed by atoms with Crippen LogP contribution in [-0.2, 0) is 0 Å². The number of nitrogens with two attached hydrogens (primary N) is 1. The summed E-state index contributed by atoms with van der Waals surface area (Å²) < 4.78 is 1.16. The lowest BCUT2D eigenvalue weighted by Crippen LogP contribution is -2.23. The molecule has 0 aliphatic carbocycles. The number of halogens is 1. The summed E-state index contributed by atoms with van der Waals surface area (Å²) in [6.07, 6.45) is 0. The van der Waals surface area contributed by atoms with Gasteiger partial charge in [0.1, 0.15) is 0 Å². The van der Waals surface area contributed by atoms with E-state index in [9.17, 15) is 0 Å². The van der Waals surface area contributed by atoms with Crippen LogP contribution in [0.5, 0.6) is 0 Å². The summed E-state index contributed by atoms with van der Waals surface area (Å²) in [6, 6.07) is 6.52. The number of hydrogen-bond donors (Lipinski definition) is 1. The molecule has 0 spiro atoms. The maximum absolute atomic E-state index is 5.76. The van der Waals surface area contributed by atoms with E-state index < -0.39 is 0 Å². The van der Waals surface area contributed by atoms with Crippen LogP contribution in [0, 0.1) is 5.92 Å². The van der Waals surface area contributed by atoms with Crippen LogP contribution in [0.1, 0.15) is 18.4 Å². The first-order chi connectivity index (χ1) is 7.13. The van der Waals surface area contributed by atoms with Crippen LogP contribution in [0.4, 0.5) is 5.69 Å². The van der Waals surface area contributed by atoms with E-state index in [2.05, 4.69) is 53.0 Å². The van der Waals surface area contributed by atoms with Gasteiger partial charge in [-0.3, -0.25) is 0 Å². The van der Waals surface area contributed by atoms with Crippen molar-refractivity contribution in [1.82, 2.24) is 0 Å². The van der Waals surface area contributed by atoms with Gasteiger partial charge >= 0.3 is 0 Å². The van der Waals surface area contributed by atoms with Gasteiger partial charge in [0, 0.05) is 29.7 Å². The Morgan fingerprint density at radius 2 is 2.33 bits per heavy atom. The summed E-state index contributed by atoms with van der Waals surface area (Å²) in [4.78, 5) is 2.32. The lowest BCUT2D eigenvalue weighted by molar-refractivity contribution is 0.488. The number of anilines is 1. The average molecular weight is 269 g/mol. The molecule has 82 valence electrons. The van der Waals surface area contributed by atoms with Gasteiger partial charge in [0.25, 0.3) is 0 Å². The quantitative estimate of drug-likeness (QED) is 0.894. The molecular weight excluding hydrogens is 252 g/mol. The fourth-order valence-corrected chi connectivity index (χ4v) is 2.69. The third-order valence-electron chi connectivity index (χ3n) is 3.33. The van der Waals surface area contributed by atoms with Crippen LogP contribution in [0.3, 0.4) is 0 Å². The molecule has 2 atom stereocenters. The standard InChI is InChI=1S/C12H17BrN2/c1-8(6-14)11-7-15(2)12-4-3-9(13)5-10(11)12/h3-5,8,11H,6-7,14H2,1-2H3. The van der Waals surface area contributed by atoms with Crippen molar-refractivity contribution in [2.75, 3.05) is 25.0 Å². The Balaban J connectivity index is 2.39. The van der Waals surface area contributed by atoms with E-state index in [1.807, 2.05) is 0 Å². The number of hydrogen-bond acceptors (Lipinski definition) is 2. The maximum Gasteiger partial charge on any atom is 0.0400 e. The lowest BCUT2D eigenvalue weighted by atomic mass is 9.89. The second-order valence-corrected chi connectivity index (χ2v) is 5.32. The minimum Gasteiger partial charge on any atom is -0.374 e. The highest BCUT2D eigenvalue weighted by Crippen LogP contribution is 2.40. The Hall–Kier alpha value is -0.540. The fourth-order valence-electron chi connectivity index (χ4n) is 2.31. The molecule has 2 N–H and O–H groups in total. The van der Waals surface area contributed by atoms with Gasteiger partial charge in [-0.1, -0.05) is 22.9 Å². The molecule has 3 heteroatoms. The highest BCUT2D eigenvalue weighted by molar-refractivity contribution is 9.10. The third-order valence-corrected chi connectivity index (χ3v) is 3.82. The van der Waals surface area contributed by atoms with Crippen LogP contribution in [0.25, 0.3) is 0 Å². The highest BCUT2D eigenvalue weighted by atomic mass is 79.9. The average Bonchev–Trinajstić information content (AvgIpc) is 2.54. The Kier molecular flexibility index (Phi) is 3.03. The first kappa shape index (κ1) is 11.0. The fraction of sp³-hybridized carbons (Fsp3) is 0.500. The van der Waals surface area contributed by atoms with Crippen LogP contribution < -0.4 is 10.6 Å². The molecule has 1 heterocycles. The SMILES string of the molecule is CC(CN)C1CN(C)c2ccc(Br)cc21. The predicted octanol–water partition coefficient (Wildman–Crippen LogP) is 2.58. The minimum atomic E-state index is 0.544. The van der Waals surface area contributed by atoms with Gasteiger partial charge in [-0.15, -0.1) is 0 Å². The van der Waals surface area contributed by atoms with E-state index in [4.69, 9.17) is 5.73 Å². The Labute approximate surface area is 99.6 Å². The molecule has 0 aromatic heterocycles. The van der Waals surface area contributed by atoms with Gasteiger partial charge in [-0.25, -0.2) is 0 Å². The van der Waals surface area contributed by atoms with Crippen LogP contribution in [0.15, 0.2) is 22.7 Å². The molecule has 0 saturated heterocycles. The molecule has 1 aromatic rings. The molecule has 2 unspecified atom stereocenters. The van der Waals surface area contributed by atoms with E-state index in [0.29, 0.717) is 11.8 Å². The van der Waals surface area contributed by atoms with Gasteiger partial charge in [-0.05, 0) is 36.2 Å². The summed E-state index contributed by atoms with van der Waals surface area (Å²) >= 11 is 3.53. The summed E-state index contributed by atoms with van der Waals surface area (Å²) in [5.74, 6) is 1.12. The van der Waals surface area contributed by atoms with Crippen molar-refractivity contribution in [3.8, 4) is 0 Å². The van der Waals surface area contributed by atoms with Crippen molar-refractivity contribution in [3.63, 3.8) is 0 Å². The van der Waals surface area contributed by atoms with Crippen molar-refractivity contribution in [2.24, 2.45) is 11.7 Å². The van der Waals surface area contributed by atoms with Crippen LogP contribution in [0.2, 0.25) is 0 Å². The normalized spacial score (nSPS) is 21.6. The molecule has 2 rings (SSSR count). The summed E-state index contributed by atoms with van der Waals surface area (Å²) in [5, 5.41) is 0. The molecule has 1 aromatic carbocycles. The van der Waals surface area contributed by atoms with Gasteiger partial charge in [0.15, 0.2) is 0 Å². The molecule has 2 nitrogen and oxygen atoms in total. The van der Waals surface area contributed by atoms with Gasteiger partial charge in [0.2, 0.25) is 0 Å². The van der Waals surface area contributed by atoms with Crippen molar-refractivity contribution in [1.29, 1.82) is 0 Å². The minimum absolute atomic E-state index is 0.544. The lowest BCUT2D eigenvalue weighted by Gasteiger charge is -2.18. The monoisotopic (exact) mass is 268 g/mol. The van der Waals surface area contributed by atoms with Crippen molar-refractivity contribution >= 4 is 21.6 Å². The topological polar surface area (TPSA) is 29.3 Å². The number of nitrogens with zero attached hydrogens (tertiary/aromatic N) is 1. The third kappa shape index (κ3) is 1.91. The molecule has 0 radical (unpaired) electrons. The van der Waals surface area contributed by atoms with E-state index in [1.54, 1.807) is 0 Å². The Morgan fingerprint density at radius 1 is 1.60 bits per heavy atom. The molecule has 15 heavy (non-hydrogen) atoms.